The van der Waals surface area contributed by atoms with Gasteiger partial charge in [-0.05, 0) is 56.5 Å². The molecular weight excluding hydrogens is 324 g/mol. The molecule has 21 heavy (non-hydrogen) atoms. The van der Waals surface area contributed by atoms with Gasteiger partial charge in [0.15, 0.2) is 0 Å². The van der Waals surface area contributed by atoms with Crippen molar-refractivity contribution in [1.29, 1.82) is 0 Å². The Morgan fingerprint density at radius 3 is 2.71 bits per heavy atom. The first-order valence-electron chi connectivity index (χ1n) is 6.70. The summed E-state index contributed by atoms with van der Waals surface area (Å²) in [5, 5.41) is 4.89. The molecule has 4 nitrogen and oxygen atoms in total. The van der Waals surface area contributed by atoms with E-state index < -0.39 is 10.0 Å². The SMILES string of the molecule is CNCc1csc(S(=O)(=O)NC(C)Cc2ccc(C)s2)c1. The van der Waals surface area contributed by atoms with E-state index in [0.717, 1.165) is 5.56 Å². The minimum Gasteiger partial charge on any atom is -0.316 e. The second kappa shape index (κ2) is 7.02. The lowest BCUT2D eigenvalue weighted by Gasteiger charge is -2.12. The first-order chi connectivity index (χ1) is 9.90. The van der Waals surface area contributed by atoms with Crippen LogP contribution in [0.25, 0.3) is 0 Å². The fourth-order valence-electron chi connectivity index (χ4n) is 2.05. The van der Waals surface area contributed by atoms with Crippen LogP contribution in [0.5, 0.6) is 0 Å². The van der Waals surface area contributed by atoms with Crippen LogP contribution in [0.1, 0.15) is 22.2 Å². The van der Waals surface area contributed by atoms with Crippen molar-refractivity contribution in [2.45, 2.75) is 37.1 Å². The molecule has 2 heterocycles. The zero-order valence-electron chi connectivity index (χ0n) is 12.3. The molecule has 0 fully saturated rings. The van der Waals surface area contributed by atoms with E-state index >= 15 is 0 Å². The fourth-order valence-corrected chi connectivity index (χ4v) is 5.54. The Kier molecular flexibility index (Phi) is 5.56. The van der Waals surface area contributed by atoms with Crippen LogP contribution in [0.15, 0.2) is 27.8 Å². The van der Waals surface area contributed by atoms with Crippen LogP contribution >= 0.6 is 22.7 Å². The van der Waals surface area contributed by atoms with Crippen LogP contribution in [0.4, 0.5) is 0 Å². The first kappa shape index (κ1) is 16.6. The molecule has 0 saturated heterocycles. The van der Waals surface area contributed by atoms with Gasteiger partial charge in [-0.15, -0.1) is 22.7 Å². The van der Waals surface area contributed by atoms with E-state index in [0.29, 0.717) is 17.2 Å². The van der Waals surface area contributed by atoms with Crippen molar-refractivity contribution in [3.63, 3.8) is 0 Å². The van der Waals surface area contributed by atoms with Gasteiger partial charge < -0.3 is 5.32 Å². The molecule has 2 rings (SSSR count). The van der Waals surface area contributed by atoms with E-state index in [-0.39, 0.29) is 6.04 Å². The molecule has 1 atom stereocenters. The molecule has 116 valence electrons. The molecule has 0 aliphatic rings. The second-order valence-electron chi connectivity index (χ2n) is 5.04. The summed E-state index contributed by atoms with van der Waals surface area (Å²) in [6, 6.07) is 5.72. The molecule has 0 aliphatic carbocycles. The summed E-state index contributed by atoms with van der Waals surface area (Å²) in [5.41, 5.74) is 0.990. The van der Waals surface area contributed by atoms with Gasteiger partial charge in [0.25, 0.3) is 0 Å². The number of hydrogen-bond donors (Lipinski definition) is 2. The highest BCUT2D eigenvalue weighted by atomic mass is 32.2. The van der Waals surface area contributed by atoms with Crippen LogP contribution in [-0.4, -0.2) is 21.5 Å². The summed E-state index contributed by atoms with van der Waals surface area (Å²) in [6.07, 6.45) is 0.715. The quantitative estimate of drug-likeness (QED) is 0.812. The van der Waals surface area contributed by atoms with E-state index in [1.54, 1.807) is 17.4 Å². The summed E-state index contributed by atoms with van der Waals surface area (Å²) >= 11 is 2.97. The molecular formula is C14H20N2O2S3. The average Bonchev–Trinajstić information content (AvgIpc) is 2.99. The molecule has 1 unspecified atom stereocenters. The van der Waals surface area contributed by atoms with Crippen molar-refractivity contribution < 1.29 is 8.42 Å². The number of aryl methyl sites for hydroxylation is 1. The maximum absolute atomic E-state index is 12.3. The Balaban J connectivity index is 2.02. The highest BCUT2D eigenvalue weighted by Crippen LogP contribution is 2.21. The van der Waals surface area contributed by atoms with Gasteiger partial charge in [0.2, 0.25) is 10.0 Å². The van der Waals surface area contributed by atoms with E-state index in [2.05, 4.69) is 29.1 Å². The fraction of sp³-hybridized carbons (Fsp3) is 0.429. The molecule has 2 aromatic rings. The van der Waals surface area contributed by atoms with Crippen LogP contribution < -0.4 is 10.0 Å². The normalized spacial score (nSPS) is 13.5. The highest BCUT2D eigenvalue weighted by molar-refractivity contribution is 7.91. The summed E-state index contributed by atoms with van der Waals surface area (Å²) in [6.45, 7) is 4.63. The molecule has 0 aliphatic heterocycles. The number of hydrogen-bond acceptors (Lipinski definition) is 5. The van der Waals surface area contributed by atoms with E-state index in [9.17, 15) is 8.42 Å². The van der Waals surface area contributed by atoms with Crippen molar-refractivity contribution in [3.05, 3.63) is 38.9 Å². The number of nitrogens with one attached hydrogen (secondary N) is 2. The van der Waals surface area contributed by atoms with Crippen LogP contribution in [0.3, 0.4) is 0 Å². The van der Waals surface area contributed by atoms with E-state index in [1.807, 2.05) is 19.4 Å². The average molecular weight is 345 g/mol. The first-order valence-corrected chi connectivity index (χ1v) is 9.88. The third-order valence-corrected chi connectivity index (χ3v) is 7.04. The summed E-state index contributed by atoms with van der Waals surface area (Å²) in [5.74, 6) is 0. The molecule has 0 spiro atoms. The van der Waals surface area contributed by atoms with Gasteiger partial charge in [-0.1, -0.05) is 0 Å². The van der Waals surface area contributed by atoms with Crippen LogP contribution in [0.2, 0.25) is 0 Å². The third-order valence-electron chi connectivity index (χ3n) is 2.94. The van der Waals surface area contributed by atoms with Gasteiger partial charge in [0.1, 0.15) is 4.21 Å². The molecule has 0 bridgehead atoms. The maximum Gasteiger partial charge on any atom is 0.250 e. The highest BCUT2D eigenvalue weighted by Gasteiger charge is 2.20. The lowest BCUT2D eigenvalue weighted by Crippen LogP contribution is -2.33. The Bertz CT molecular complexity index is 689. The van der Waals surface area contributed by atoms with Gasteiger partial charge in [0.05, 0.1) is 0 Å². The van der Waals surface area contributed by atoms with Gasteiger partial charge in [-0.2, -0.15) is 0 Å². The lowest BCUT2D eigenvalue weighted by atomic mass is 10.2. The Morgan fingerprint density at radius 1 is 1.33 bits per heavy atom. The molecule has 0 radical (unpaired) electrons. The maximum atomic E-state index is 12.3. The molecule has 7 heteroatoms. The van der Waals surface area contributed by atoms with E-state index in [1.165, 1.54) is 21.1 Å². The molecule has 2 N–H and O–H groups in total. The molecule has 0 aromatic carbocycles. The zero-order valence-corrected chi connectivity index (χ0v) is 14.8. The van der Waals surface area contributed by atoms with Crippen molar-refractivity contribution in [2.75, 3.05) is 7.05 Å². The predicted octanol–water partition coefficient (Wildman–Crippen LogP) is 2.75. The largest absolute Gasteiger partial charge is 0.316 e. The number of thiophene rings is 2. The molecule has 0 saturated carbocycles. The smallest absolute Gasteiger partial charge is 0.250 e. The molecule has 0 amide bonds. The Hall–Kier alpha value is -0.730. The number of sulfonamides is 1. The third kappa shape index (κ3) is 4.62. The van der Waals surface area contributed by atoms with Crippen molar-refractivity contribution >= 4 is 32.7 Å². The number of rotatable bonds is 7. The van der Waals surface area contributed by atoms with Crippen LogP contribution in [0, 0.1) is 6.92 Å². The monoisotopic (exact) mass is 344 g/mol. The molecule has 2 aromatic heterocycles. The van der Waals surface area contributed by atoms with Crippen molar-refractivity contribution in [1.82, 2.24) is 10.0 Å². The zero-order chi connectivity index (χ0) is 15.5. The van der Waals surface area contributed by atoms with Crippen LogP contribution in [-0.2, 0) is 23.0 Å². The lowest BCUT2D eigenvalue weighted by molar-refractivity contribution is 0.562. The van der Waals surface area contributed by atoms with Gasteiger partial charge in [-0.25, -0.2) is 13.1 Å². The van der Waals surface area contributed by atoms with Gasteiger partial charge in [0, 0.05) is 22.3 Å². The van der Waals surface area contributed by atoms with Gasteiger partial charge >= 0.3 is 0 Å². The Labute approximate surface area is 134 Å². The summed E-state index contributed by atoms with van der Waals surface area (Å²) < 4.78 is 27.8. The summed E-state index contributed by atoms with van der Waals surface area (Å²) in [4.78, 5) is 2.44. The van der Waals surface area contributed by atoms with Gasteiger partial charge in [-0.3, -0.25) is 0 Å². The van der Waals surface area contributed by atoms with Crippen molar-refractivity contribution in [3.8, 4) is 0 Å². The standard InChI is InChI=1S/C14H20N2O2S3/c1-10(6-13-5-4-11(2)20-13)16-21(17,18)14-7-12(8-15-3)9-19-14/h4-5,7,9-10,15-16H,6,8H2,1-3H3. The minimum atomic E-state index is -3.42. The predicted molar refractivity (Wildman–Crippen MR) is 89.6 cm³/mol. The topological polar surface area (TPSA) is 58.2 Å². The van der Waals surface area contributed by atoms with E-state index in [4.69, 9.17) is 0 Å². The second-order valence-corrected chi connectivity index (χ2v) is 9.27. The summed E-state index contributed by atoms with van der Waals surface area (Å²) in [7, 11) is -1.58. The van der Waals surface area contributed by atoms with Crippen molar-refractivity contribution in [2.24, 2.45) is 0 Å². The Morgan fingerprint density at radius 2 is 2.10 bits per heavy atom. The minimum absolute atomic E-state index is 0.122.